The number of nitrogens with zero attached hydrogens (tertiary/aromatic N) is 5. The number of anilines is 2. The first-order valence-electron chi connectivity index (χ1n) is 26.7. The fourth-order valence-corrected chi connectivity index (χ4v) is 13.2. The monoisotopic (exact) mass is 1190 g/mol. The molecule has 3 N–H and O–H groups in total. The van der Waals surface area contributed by atoms with E-state index in [9.17, 15) is 14.4 Å². The molecule has 9 rings (SSSR count). The van der Waals surface area contributed by atoms with E-state index in [0.717, 1.165) is 16.7 Å². The van der Waals surface area contributed by atoms with Crippen molar-refractivity contribution in [3.8, 4) is 11.5 Å². The van der Waals surface area contributed by atoms with Crippen molar-refractivity contribution < 1.29 is 42.0 Å². The zero-order chi connectivity index (χ0) is 57.0. The number of hydrogen-bond acceptors (Lipinski definition) is 15. The summed E-state index contributed by atoms with van der Waals surface area (Å²) in [6, 6.07) is 35.9. The molecule has 0 bridgehead atoms. The fraction of sp³-hybridized carbons (Fsp3) is 0.414. The average molecular weight is 1190 g/mol. The third-order valence-electron chi connectivity index (χ3n) is 14.9. The van der Waals surface area contributed by atoms with Gasteiger partial charge < -0.3 is 0 Å². The van der Waals surface area contributed by atoms with E-state index in [1.54, 1.807) is 61.6 Å². The van der Waals surface area contributed by atoms with Gasteiger partial charge in [-0.2, -0.15) is 0 Å². The Morgan fingerprint density at radius 1 is 0.800 bits per heavy atom. The number of fused-ring (bicyclic) bond motifs is 1. The standard InChI is InChI=1S/C58H71N8O11PSeSi/c1-37(2)33-59-55-63-52-51(54(68)64-55)60-36-66(52)50-31-44(46(74-50)34-72-58(39-19-15-12-16-20-39,40-21-25-42(70-6)26-22-40)41-23-27-43(71-7)28-24-41)76-78(8,79)73-35-47-45(77-80(9,10)57(3,4)5)32-49(75-47)65-30-29-48(62-56(65)69)61-53(67)38-17-13-11-14-18-38/h11-30,36-37,44-47,49-50H,31-35H2,1-10H3,(H2,59,63,64,68)(H,61,62,67,69)/t44-,45-,46+,47+,49+,50+,78?/m0/s1. The van der Waals surface area contributed by atoms with Crippen molar-refractivity contribution in [2.24, 2.45) is 5.92 Å². The Kier molecular flexibility index (Phi) is 18.0. The Labute approximate surface area is 474 Å². The maximum atomic E-state index is 13.7. The molecule has 7 aromatic rings. The van der Waals surface area contributed by atoms with Crippen molar-refractivity contribution in [2.75, 3.05) is 51.3 Å². The molecule has 7 atom stereocenters. The summed E-state index contributed by atoms with van der Waals surface area (Å²) in [7, 11) is 0.860. The van der Waals surface area contributed by atoms with Crippen LogP contribution in [0.1, 0.15) is 87.0 Å². The minimum atomic E-state index is -2.92. The number of hydrogen-bond donors (Lipinski definition) is 3. The van der Waals surface area contributed by atoms with Crippen LogP contribution in [0.4, 0.5) is 11.8 Å². The zero-order valence-corrected chi connectivity index (χ0v) is 50.4. The summed E-state index contributed by atoms with van der Waals surface area (Å²) in [5, 5.41) is 5.83. The van der Waals surface area contributed by atoms with Crippen LogP contribution in [0.25, 0.3) is 11.2 Å². The fourth-order valence-electron chi connectivity index (χ4n) is 9.60. The van der Waals surface area contributed by atoms with Gasteiger partial charge in [0.15, 0.2) is 0 Å². The van der Waals surface area contributed by atoms with Gasteiger partial charge in [0.1, 0.15) is 0 Å². The van der Waals surface area contributed by atoms with Crippen LogP contribution in [0, 0.1) is 5.92 Å². The number of ether oxygens (including phenoxy) is 5. The predicted molar refractivity (Wildman–Crippen MR) is 311 cm³/mol. The van der Waals surface area contributed by atoms with Crippen molar-refractivity contribution >= 4 is 58.2 Å². The maximum absolute atomic E-state index is 13.7. The van der Waals surface area contributed by atoms with Crippen molar-refractivity contribution in [2.45, 2.75) is 108 Å². The molecule has 2 aliphatic heterocycles. The van der Waals surface area contributed by atoms with Crippen LogP contribution in [0.2, 0.25) is 18.1 Å². The molecule has 4 aromatic carbocycles. The van der Waals surface area contributed by atoms with E-state index in [1.807, 2.05) is 91.6 Å². The van der Waals surface area contributed by atoms with E-state index >= 15 is 0 Å². The summed E-state index contributed by atoms with van der Waals surface area (Å²) in [4.78, 5) is 56.4. The SMILES string of the molecule is COc1ccc(C(OC[C@H]2O[C@@H](n3cnc4c(=O)[nH]c(NCC(C)C)nc43)C[C@@H]2OP(C)(=[Se])OC[C@H]2O[C@@H](n3ccc(NC(=O)c4ccccc4)nc3=O)C[C@@H]2O[Si](C)(C)C(C)(C)C)(c2ccccc2)c2ccc(OC)cc2)cc1. The van der Waals surface area contributed by atoms with Crippen molar-refractivity contribution in [3.05, 3.63) is 171 Å². The van der Waals surface area contributed by atoms with Crippen LogP contribution in [-0.4, -0.2) is 123 Å². The minimum absolute atomic E-state index is 0.0172. The number of aromatic nitrogens is 6. The number of methoxy groups -OCH3 is 2. The number of nitrogens with one attached hydrogen (secondary N) is 3. The van der Waals surface area contributed by atoms with Crippen LogP contribution in [-0.2, 0) is 33.3 Å². The molecule has 0 saturated carbocycles. The Morgan fingerprint density at radius 3 is 1.96 bits per heavy atom. The number of carbonyl (C=O) groups excluding carboxylic acids is 1. The van der Waals surface area contributed by atoms with E-state index in [-0.39, 0.29) is 41.1 Å². The Morgan fingerprint density at radius 2 is 1.38 bits per heavy atom. The van der Waals surface area contributed by atoms with Gasteiger partial charge in [-0.25, -0.2) is 0 Å². The summed E-state index contributed by atoms with van der Waals surface area (Å²) < 4.78 is 56.6. The Balaban J connectivity index is 1.02. The van der Waals surface area contributed by atoms with E-state index in [2.05, 4.69) is 88.4 Å². The number of rotatable bonds is 22. The molecular formula is C58H71N8O11PSeSi. The molecule has 1 amide bonds. The molecular weight excluding hydrogens is 1120 g/mol. The van der Waals surface area contributed by atoms with Gasteiger partial charge in [0.25, 0.3) is 0 Å². The van der Waals surface area contributed by atoms with E-state index in [0.29, 0.717) is 54.0 Å². The summed E-state index contributed by atoms with van der Waals surface area (Å²) in [5.41, 5.74) is 1.33. The second-order valence-corrected chi connectivity index (χ2v) is 33.0. The van der Waals surface area contributed by atoms with Crippen LogP contribution in [0.5, 0.6) is 11.5 Å². The van der Waals surface area contributed by atoms with Gasteiger partial charge in [0, 0.05) is 5.56 Å². The molecule has 0 radical (unpaired) electrons. The number of amides is 1. The molecule has 2 fully saturated rings. The molecule has 22 heteroatoms. The number of carbonyl (C=O) groups is 1. The zero-order valence-electron chi connectivity index (χ0n) is 46.8. The average Bonchev–Trinajstić information content (AvgIpc) is 4.20. The summed E-state index contributed by atoms with van der Waals surface area (Å²) in [5.74, 6) is -1.19. The normalized spacial score (nSPS) is 20.4. The third-order valence-corrected chi connectivity index (χ3v) is 21.9. The van der Waals surface area contributed by atoms with Crippen LogP contribution in [0.15, 0.2) is 137 Å². The number of imidazole rings is 1. The van der Waals surface area contributed by atoms with E-state index < -0.39 is 62.4 Å². The molecule has 1 unspecified atom stereocenters. The topological polar surface area (TPSA) is 213 Å². The quantitative estimate of drug-likeness (QED) is 0.0327. The van der Waals surface area contributed by atoms with Gasteiger partial charge in [-0.15, -0.1) is 0 Å². The Hall–Kier alpha value is -6.09. The molecule has 80 heavy (non-hydrogen) atoms. The van der Waals surface area contributed by atoms with Gasteiger partial charge in [0.05, 0.1) is 14.2 Å². The first-order chi connectivity index (χ1) is 38.2. The molecule has 2 saturated heterocycles. The summed E-state index contributed by atoms with van der Waals surface area (Å²) in [6.07, 6.45) is -0.129. The molecule has 424 valence electrons. The van der Waals surface area contributed by atoms with Crippen LogP contribution in [0.3, 0.4) is 0 Å². The third kappa shape index (κ3) is 13.1. The van der Waals surface area contributed by atoms with Crippen LogP contribution < -0.4 is 31.4 Å². The number of aromatic amines is 1. The Bertz CT molecular complexity index is 3370. The van der Waals surface area contributed by atoms with Crippen molar-refractivity contribution in [3.63, 3.8) is 0 Å². The van der Waals surface area contributed by atoms with Crippen LogP contribution >= 0.6 is 5.96 Å². The second kappa shape index (κ2) is 24.6. The van der Waals surface area contributed by atoms with Gasteiger partial charge in [-0.3, -0.25) is 4.79 Å². The first kappa shape index (κ1) is 58.6. The summed E-state index contributed by atoms with van der Waals surface area (Å²) in [6.45, 7) is 17.6. The van der Waals surface area contributed by atoms with Crippen molar-refractivity contribution in [1.82, 2.24) is 29.1 Å². The molecule has 3 aromatic heterocycles. The second-order valence-electron chi connectivity index (χ2n) is 22.0. The molecule has 2 aliphatic rings. The number of H-pyrrole nitrogens is 1. The summed E-state index contributed by atoms with van der Waals surface area (Å²) >= 11 is 3.26. The molecule has 19 nitrogen and oxygen atoms in total. The van der Waals surface area contributed by atoms with E-state index in [1.165, 1.54) is 4.57 Å². The molecule has 0 spiro atoms. The predicted octanol–water partition coefficient (Wildman–Crippen LogP) is 9.65. The van der Waals surface area contributed by atoms with Crippen molar-refractivity contribution in [1.29, 1.82) is 0 Å². The first-order valence-corrected chi connectivity index (χ1v) is 33.9. The van der Waals surface area contributed by atoms with Gasteiger partial charge in [0.2, 0.25) is 0 Å². The van der Waals surface area contributed by atoms with Gasteiger partial charge in [-0.1, -0.05) is 32.0 Å². The molecule has 5 heterocycles. The number of benzene rings is 4. The van der Waals surface area contributed by atoms with E-state index in [4.69, 9.17) is 42.1 Å². The van der Waals surface area contributed by atoms with Gasteiger partial charge >= 0.3 is 408 Å². The molecule has 0 aliphatic carbocycles. The van der Waals surface area contributed by atoms with Gasteiger partial charge in [-0.05, 0) is 12.1 Å².